The molecule has 0 aliphatic heterocycles. The highest BCUT2D eigenvalue weighted by Crippen LogP contribution is 2.48. The molecule has 0 aromatic rings. The molecule has 0 heterocycles. The van der Waals surface area contributed by atoms with Gasteiger partial charge in [-0.25, -0.2) is 0 Å². The van der Waals surface area contributed by atoms with Crippen molar-refractivity contribution in [2.24, 2.45) is 22.2 Å². The molecule has 2 rings (SSSR count). The topological polar surface area (TPSA) is 34.1 Å². The minimum atomic E-state index is -0.0546. The van der Waals surface area contributed by atoms with Gasteiger partial charge in [0.2, 0.25) is 0 Å². The molecule has 0 spiro atoms. The second-order valence-electron chi connectivity index (χ2n) is 12.3. The van der Waals surface area contributed by atoms with Gasteiger partial charge in [0.15, 0.2) is 0 Å². The van der Waals surface area contributed by atoms with Crippen LogP contribution in [0.15, 0.2) is 0 Å². The van der Waals surface area contributed by atoms with Gasteiger partial charge in [0, 0.05) is 23.7 Å². The molecule has 2 heteroatoms. The van der Waals surface area contributed by atoms with Crippen LogP contribution in [-0.4, -0.2) is 11.6 Å². The molecule has 1 unspecified atom stereocenters. The lowest BCUT2D eigenvalue weighted by atomic mass is 9.72. The Kier molecular flexibility index (Phi) is 15.0. The van der Waals surface area contributed by atoms with E-state index in [9.17, 15) is 9.59 Å². The van der Waals surface area contributed by atoms with E-state index in [-0.39, 0.29) is 10.8 Å². The lowest BCUT2D eigenvalue weighted by Crippen LogP contribution is -2.29. The second-order valence-corrected chi connectivity index (χ2v) is 12.3. The first-order valence-corrected chi connectivity index (χ1v) is 13.7. The van der Waals surface area contributed by atoms with Gasteiger partial charge in [0.1, 0.15) is 11.6 Å². The number of unbranched alkanes of at least 4 members (excludes halogenated alkanes) is 6. The summed E-state index contributed by atoms with van der Waals surface area (Å²) in [6.45, 7) is 19.7. The molecular formula is C30H57O2. The zero-order valence-corrected chi connectivity index (χ0v) is 23.4. The lowest BCUT2D eigenvalue weighted by molar-refractivity contribution is -0.132. The molecule has 0 saturated heterocycles. The Morgan fingerprint density at radius 1 is 0.875 bits per heavy atom. The van der Waals surface area contributed by atoms with Crippen LogP contribution in [0.5, 0.6) is 0 Å². The fraction of sp³-hybridized carbons (Fsp3) is 0.900. The molecule has 189 valence electrons. The number of hydrogen-bond donors (Lipinski definition) is 0. The number of Topliss-reactive ketones (excluding diaryl/α,β-unsaturated/α-hetero) is 2. The van der Waals surface area contributed by atoms with E-state index in [2.05, 4.69) is 68.7 Å². The Labute approximate surface area is 202 Å². The number of hydrogen-bond acceptors (Lipinski definition) is 2. The molecule has 1 atom stereocenters. The summed E-state index contributed by atoms with van der Waals surface area (Å²) in [6.07, 6.45) is 18.5. The van der Waals surface area contributed by atoms with Crippen molar-refractivity contribution in [3.63, 3.8) is 0 Å². The smallest absolute Gasteiger partial charge is 0.144 e. The summed E-state index contributed by atoms with van der Waals surface area (Å²) in [4.78, 5) is 23.1. The average Bonchev–Trinajstić information content (AvgIpc) is 2.93. The molecule has 0 N–H and O–H groups in total. The van der Waals surface area contributed by atoms with Crippen LogP contribution in [0.3, 0.4) is 0 Å². The van der Waals surface area contributed by atoms with E-state index in [0.29, 0.717) is 17.0 Å². The van der Waals surface area contributed by atoms with Crippen LogP contribution in [0.1, 0.15) is 152 Å². The predicted molar refractivity (Wildman–Crippen MR) is 141 cm³/mol. The first-order chi connectivity index (χ1) is 14.8. The van der Waals surface area contributed by atoms with Gasteiger partial charge in [-0.2, -0.15) is 0 Å². The Morgan fingerprint density at radius 2 is 1.41 bits per heavy atom. The van der Waals surface area contributed by atoms with Crippen molar-refractivity contribution in [3.8, 4) is 0 Å². The summed E-state index contributed by atoms with van der Waals surface area (Å²) in [5.74, 6) is 1.73. The average molecular weight is 450 g/mol. The fourth-order valence-electron chi connectivity index (χ4n) is 5.04. The first-order valence-electron chi connectivity index (χ1n) is 13.7. The highest BCUT2D eigenvalue weighted by atomic mass is 16.1. The number of carbonyl (C=O) groups excluding carboxylic acids is 2. The Bertz CT molecular complexity index is 511. The van der Waals surface area contributed by atoms with Crippen LogP contribution in [-0.2, 0) is 9.59 Å². The molecule has 2 nitrogen and oxygen atoms in total. The molecular weight excluding hydrogens is 392 g/mol. The van der Waals surface area contributed by atoms with Crippen molar-refractivity contribution in [1.29, 1.82) is 0 Å². The summed E-state index contributed by atoms with van der Waals surface area (Å²) in [6, 6.07) is 0. The quantitative estimate of drug-likeness (QED) is 0.346. The monoisotopic (exact) mass is 449 g/mol. The van der Waals surface area contributed by atoms with Crippen LogP contribution in [0.4, 0.5) is 0 Å². The lowest BCUT2D eigenvalue weighted by Gasteiger charge is -2.33. The van der Waals surface area contributed by atoms with Gasteiger partial charge < -0.3 is 0 Å². The van der Waals surface area contributed by atoms with Crippen LogP contribution in [0.25, 0.3) is 0 Å². The van der Waals surface area contributed by atoms with Gasteiger partial charge in [0.05, 0.1) is 0 Å². The number of rotatable bonds is 8. The minimum absolute atomic E-state index is 0.00132. The molecule has 32 heavy (non-hydrogen) atoms. The first kappa shape index (κ1) is 31.3. The van der Waals surface area contributed by atoms with E-state index in [1.165, 1.54) is 44.9 Å². The van der Waals surface area contributed by atoms with E-state index in [1.54, 1.807) is 0 Å². The molecule has 2 aliphatic carbocycles. The number of carbonyl (C=O) groups is 2. The molecule has 0 amide bonds. The third-order valence-electron chi connectivity index (χ3n) is 7.66. The molecule has 2 aliphatic rings. The van der Waals surface area contributed by atoms with E-state index in [0.717, 1.165) is 50.9 Å². The van der Waals surface area contributed by atoms with E-state index >= 15 is 0 Å². The normalized spacial score (nSPS) is 23.3. The Balaban J connectivity index is 0.000000478. The van der Waals surface area contributed by atoms with E-state index in [1.807, 2.05) is 0 Å². The SMILES string of the molecule is CC(C)(C)C1CCC(=O)CC1.CCCCCC1(C)CCC(C)(C)C1=O.C[CH]CCCCC. The number of ketones is 2. The summed E-state index contributed by atoms with van der Waals surface area (Å²) in [7, 11) is 0. The predicted octanol–water partition coefficient (Wildman–Crippen LogP) is 9.54. The van der Waals surface area contributed by atoms with Crippen LogP contribution in [0, 0.1) is 28.6 Å². The van der Waals surface area contributed by atoms with Crippen LogP contribution >= 0.6 is 0 Å². The van der Waals surface area contributed by atoms with Gasteiger partial charge >= 0.3 is 0 Å². The van der Waals surface area contributed by atoms with Crippen molar-refractivity contribution >= 4 is 11.6 Å². The van der Waals surface area contributed by atoms with Crippen LogP contribution < -0.4 is 0 Å². The van der Waals surface area contributed by atoms with Crippen LogP contribution in [0.2, 0.25) is 0 Å². The molecule has 1 radical (unpaired) electrons. The fourth-order valence-corrected chi connectivity index (χ4v) is 5.04. The maximum atomic E-state index is 12.1. The third kappa shape index (κ3) is 12.0. The third-order valence-corrected chi connectivity index (χ3v) is 7.66. The highest BCUT2D eigenvalue weighted by Gasteiger charge is 2.47. The van der Waals surface area contributed by atoms with E-state index < -0.39 is 0 Å². The maximum absolute atomic E-state index is 12.1. The van der Waals surface area contributed by atoms with Crippen molar-refractivity contribution in [3.05, 3.63) is 6.42 Å². The molecule has 0 aromatic carbocycles. The van der Waals surface area contributed by atoms with Gasteiger partial charge in [-0.1, -0.05) is 107 Å². The van der Waals surface area contributed by atoms with E-state index in [4.69, 9.17) is 0 Å². The molecule has 2 saturated carbocycles. The van der Waals surface area contributed by atoms with Crippen molar-refractivity contribution < 1.29 is 9.59 Å². The van der Waals surface area contributed by atoms with Gasteiger partial charge in [0.25, 0.3) is 0 Å². The second kappa shape index (κ2) is 15.3. The highest BCUT2D eigenvalue weighted by molar-refractivity contribution is 5.91. The molecule has 0 aromatic heterocycles. The van der Waals surface area contributed by atoms with Crippen molar-refractivity contribution in [2.75, 3.05) is 0 Å². The molecule has 0 bridgehead atoms. The summed E-state index contributed by atoms with van der Waals surface area (Å²) < 4.78 is 0. The van der Waals surface area contributed by atoms with Gasteiger partial charge in [-0.3, -0.25) is 9.59 Å². The Morgan fingerprint density at radius 3 is 1.81 bits per heavy atom. The Hall–Kier alpha value is -0.660. The summed E-state index contributed by atoms with van der Waals surface area (Å²) in [5.41, 5.74) is 0.348. The largest absolute Gasteiger partial charge is 0.300 e. The summed E-state index contributed by atoms with van der Waals surface area (Å²) in [5, 5.41) is 0. The summed E-state index contributed by atoms with van der Waals surface area (Å²) >= 11 is 0. The van der Waals surface area contributed by atoms with Gasteiger partial charge in [-0.15, -0.1) is 0 Å². The zero-order chi connectivity index (χ0) is 24.8. The zero-order valence-electron chi connectivity index (χ0n) is 23.4. The molecule has 2 fully saturated rings. The van der Waals surface area contributed by atoms with Crippen molar-refractivity contribution in [2.45, 2.75) is 152 Å². The maximum Gasteiger partial charge on any atom is 0.144 e. The van der Waals surface area contributed by atoms with Gasteiger partial charge in [-0.05, 0) is 49.9 Å². The van der Waals surface area contributed by atoms with Crippen molar-refractivity contribution in [1.82, 2.24) is 0 Å². The minimum Gasteiger partial charge on any atom is -0.300 e. The standard InChI is InChI=1S/C13H24O.C10H18O.C7H15/c1-5-6-7-8-13(4)10-9-12(2,3)11(13)14;1-10(2,3)8-4-6-9(11)7-5-8;1-3-5-7-6-4-2/h5-10H2,1-4H3;8H,4-7H2,1-3H3;3H,4-7H2,1-2H3.